The SMILES string of the molecule is CCn1ncc(N)c1C(=O)NC(C)Cc1ccsc1. The van der Waals surface area contributed by atoms with Crippen LogP contribution in [0.15, 0.2) is 23.0 Å². The molecule has 2 aromatic rings. The van der Waals surface area contributed by atoms with E-state index < -0.39 is 0 Å². The molecule has 2 rings (SSSR count). The maximum Gasteiger partial charge on any atom is 0.271 e. The van der Waals surface area contributed by atoms with Gasteiger partial charge in [0.05, 0.1) is 11.9 Å². The van der Waals surface area contributed by atoms with Gasteiger partial charge in [0.1, 0.15) is 5.69 Å². The zero-order valence-electron chi connectivity index (χ0n) is 11.1. The second-order valence-corrected chi connectivity index (χ2v) is 5.25. The second-order valence-electron chi connectivity index (χ2n) is 4.47. The van der Waals surface area contributed by atoms with Crippen molar-refractivity contribution in [3.05, 3.63) is 34.3 Å². The van der Waals surface area contributed by atoms with Gasteiger partial charge in [-0.2, -0.15) is 16.4 Å². The van der Waals surface area contributed by atoms with E-state index in [4.69, 9.17) is 5.73 Å². The molecule has 0 saturated heterocycles. The van der Waals surface area contributed by atoms with Crippen molar-refractivity contribution in [2.24, 2.45) is 0 Å². The summed E-state index contributed by atoms with van der Waals surface area (Å²) in [5.41, 5.74) is 7.88. The van der Waals surface area contributed by atoms with Crippen LogP contribution in [0.4, 0.5) is 5.69 Å². The quantitative estimate of drug-likeness (QED) is 0.877. The molecule has 0 radical (unpaired) electrons. The average molecular weight is 278 g/mol. The summed E-state index contributed by atoms with van der Waals surface area (Å²) >= 11 is 1.66. The van der Waals surface area contributed by atoms with Gasteiger partial charge < -0.3 is 11.1 Å². The molecule has 1 unspecified atom stereocenters. The summed E-state index contributed by atoms with van der Waals surface area (Å²) in [6.45, 7) is 4.54. The van der Waals surface area contributed by atoms with E-state index in [9.17, 15) is 4.79 Å². The van der Waals surface area contributed by atoms with Gasteiger partial charge in [0.2, 0.25) is 0 Å². The molecule has 102 valence electrons. The minimum atomic E-state index is -0.167. The second kappa shape index (κ2) is 5.88. The monoisotopic (exact) mass is 278 g/mol. The predicted octanol–water partition coefficient (Wildman–Crippen LogP) is 1.91. The Morgan fingerprint density at radius 1 is 1.63 bits per heavy atom. The van der Waals surface area contributed by atoms with Crippen molar-refractivity contribution in [3.8, 4) is 0 Å². The number of carbonyl (C=O) groups excluding carboxylic acids is 1. The Hall–Kier alpha value is -1.82. The maximum absolute atomic E-state index is 12.2. The summed E-state index contributed by atoms with van der Waals surface area (Å²) in [7, 11) is 0. The topological polar surface area (TPSA) is 72.9 Å². The molecule has 0 aliphatic carbocycles. The lowest BCUT2D eigenvalue weighted by atomic mass is 10.1. The number of nitrogens with zero attached hydrogens (tertiary/aromatic N) is 2. The first-order valence-electron chi connectivity index (χ1n) is 6.25. The molecule has 1 atom stereocenters. The van der Waals surface area contributed by atoms with Crippen LogP contribution in [0.1, 0.15) is 29.9 Å². The first-order valence-corrected chi connectivity index (χ1v) is 7.19. The van der Waals surface area contributed by atoms with Crippen molar-refractivity contribution in [3.63, 3.8) is 0 Å². The number of aryl methyl sites for hydroxylation is 1. The van der Waals surface area contributed by atoms with Gasteiger partial charge in [0.25, 0.3) is 5.91 Å². The fourth-order valence-electron chi connectivity index (χ4n) is 1.99. The van der Waals surface area contributed by atoms with E-state index in [0.29, 0.717) is 17.9 Å². The summed E-state index contributed by atoms with van der Waals surface area (Å²) in [5.74, 6) is -0.167. The first kappa shape index (κ1) is 13.6. The van der Waals surface area contributed by atoms with Crippen molar-refractivity contribution in [1.29, 1.82) is 0 Å². The van der Waals surface area contributed by atoms with Gasteiger partial charge in [-0.3, -0.25) is 9.48 Å². The molecule has 0 spiro atoms. The minimum absolute atomic E-state index is 0.0571. The Morgan fingerprint density at radius 2 is 2.42 bits per heavy atom. The van der Waals surface area contributed by atoms with Gasteiger partial charge in [0.15, 0.2) is 0 Å². The highest BCUT2D eigenvalue weighted by atomic mass is 32.1. The highest BCUT2D eigenvalue weighted by molar-refractivity contribution is 7.07. The molecular formula is C13H18N4OS. The Kier molecular flexibility index (Phi) is 4.21. The van der Waals surface area contributed by atoms with Crippen LogP contribution < -0.4 is 11.1 Å². The van der Waals surface area contributed by atoms with Gasteiger partial charge in [-0.05, 0) is 42.7 Å². The van der Waals surface area contributed by atoms with E-state index in [1.54, 1.807) is 16.0 Å². The third kappa shape index (κ3) is 3.14. The van der Waals surface area contributed by atoms with E-state index >= 15 is 0 Å². The van der Waals surface area contributed by atoms with Gasteiger partial charge in [-0.25, -0.2) is 0 Å². The predicted molar refractivity (Wildman–Crippen MR) is 77.3 cm³/mol. The lowest BCUT2D eigenvalue weighted by Crippen LogP contribution is -2.35. The minimum Gasteiger partial charge on any atom is -0.396 e. The smallest absolute Gasteiger partial charge is 0.271 e. The maximum atomic E-state index is 12.2. The molecule has 0 saturated carbocycles. The van der Waals surface area contributed by atoms with E-state index in [1.165, 1.54) is 11.8 Å². The largest absolute Gasteiger partial charge is 0.396 e. The van der Waals surface area contributed by atoms with Crippen LogP contribution in [0.3, 0.4) is 0 Å². The lowest BCUT2D eigenvalue weighted by Gasteiger charge is -2.14. The molecule has 0 aliphatic rings. The number of hydrogen-bond acceptors (Lipinski definition) is 4. The number of rotatable bonds is 5. The molecule has 2 aromatic heterocycles. The van der Waals surface area contributed by atoms with Crippen LogP contribution in [0.2, 0.25) is 0 Å². The number of aromatic nitrogens is 2. The van der Waals surface area contributed by atoms with E-state index in [2.05, 4.69) is 21.9 Å². The van der Waals surface area contributed by atoms with Crippen LogP contribution in [-0.4, -0.2) is 21.7 Å². The summed E-state index contributed by atoms with van der Waals surface area (Å²) in [4.78, 5) is 12.2. The number of carbonyl (C=O) groups is 1. The summed E-state index contributed by atoms with van der Waals surface area (Å²) in [6, 6.07) is 2.12. The molecule has 0 aromatic carbocycles. The average Bonchev–Trinajstić information content (AvgIpc) is 2.98. The fraction of sp³-hybridized carbons (Fsp3) is 0.385. The number of nitrogens with one attached hydrogen (secondary N) is 1. The summed E-state index contributed by atoms with van der Waals surface area (Å²) in [5, 5.41) is 11.2. The van der Waals surface area contributed by atoms with Crippen LogP contribution in [0.25, 0.3) is 0 Å². The van der Waals surface area contributed by atoms with Gasteiger partial charge in [0, 0.05) is 12.6 Å². The molecule has 6 heteroatoms. The Balaban J connectivity index is 2.02. The van der Waals surface area contributed by atoms with Gasteiger partial charge in [-0.1, -0.05) is 0 Å². The number of anilines is 1. The van der Waals surface area contributed by atoms with Crippen LogP contribution in [0, 0.1) is 0 Å². The molecule has 5 nitrogen and oxygen atoms in total. The highest BCUT2D eigenvalue weighted by Crippen LogP contribution is 2.12. The third-order valence-corrected chi connectivity index (χ3v) is 3.61. The van der Waals surface area contributed by atoms with Gasteiger partial charge >= 0.3 is 0 Å². The van der Waals surface area contributed by atoms with Crippen LogP contribution in [-0.2, 0) is 13.0 Å². The molecule has 2 heterocycles. The number of nitrogen functional groups attached to an aromatic ring is 1. The number of thiophene rings is 1. The highest BCUT2D eigenvalue weighted by Gasteiger charge is 2.18. The molecule has 0 fully saturated rings. The standard InChI is InChI=1S/C13H18N4OS/c1-3-17-12(11(14)7-15-17)13(18)16-9(2)6-10-4-5-19-8-10/h4-5,7-9H,3,6,14H2,1-2H3,(H,16,18). The van der Waals surface area contributed by atoms with Crippen LogP contribution in [0.5, 0.6) is 0 Å². The molecule has 3 N–H and O–H groups in total. The number of nitrogens with two attached hydrogens (primary N) is 1. The van der Waals surface area contributed by atoms with E-state index in [1.807, 2.05) is 19.2 Å². The van der Waals surface area contributed by atoms with Crippen molar-refractivity contribution in [2.45, 2.75) is 32.9 Å². The number of hydrogen-bond donors (Lipinski definition) is 2. The summed E-state index contributed by atoms with van der Waals surface area (Å²) < 4.78 is 1.61. The third-order valence-electron chi connectivity index (χ3n) is 2.88. The normalized spacial score (nSPS) is 12.3. The van der Waals surface area contributed by atoms with Crippen molar-refractivity contribution >= 4 is 22.9 Å². The Bertz CT molecular complexity index is 547. The molecule has 19 heavy (non-hydrogen) atoms. The molecule has 1 amide bonds. The zero-order valence-corrected chi connectivity index (χ0v) is 11.9. The zero-order chi connectivity index (χ0) is 13.8. The molecule has 0 aliphatic heterocycles. The van der Waals surface area contributed by atoms with Crippen molar-refractivity contribution in [2.75, 3.05) is 5.73 Å². The van der Waals surface area contributed by atoms with Crippen molar-refractivity contribution in [1.82, 2.24) is 15.1 Å². The Labute approximate surface area is 116 Å². The van der Waals surface area contributed by atoms with E-state index in [0.717, 1.165) is 6.42 Å². The molecule has 0 bridgehead atoms. The summed E-state index contributed by atoms with van der Waals surface area (Å²) in [6.07, 6.45) is 2.33. The lowest BCUT2D eigenvalue weighted by molar-refractivity contribution is 0.0930. The Morgan fingerprint density at radius 3 is 3.05 bits per heavy atom. The van der Waals surface area contributed by atoms with Gasteiger partial charge in [-0.15, -0.1) is 0 Å². The van der Waals surface area contributed by atoms with Crippen LogP contribution >= 0.6 is 11.3 Å². The first-order chi connectivity index (χ1) is 9.11. The number of amides is 1. The fourth-order valence-corrected chi connectivity index (χ4v) is 2.67. The molecular weight excluding hydrogens is 260 g/mol. The van der Waals surface area contributed by atoms with Crippen molar-refractivity contribution < 1.29 is 4.79 Å². The van der Waals surface area contributed by atoms with E-state index in [-0.39, 0.29) is 11.9 Å².